The van der Waals surface area contributed by atoms with E-state index in [1.807, 2.05) is 43.9 Å². The van der Waals surface area contributed by atoms with E-state index in [4.69, 9.17) is 4.74 Å². The number of carbonyl (C=O) groups is 1. The number of aromatic nitrogens is 3. The number of nitrogens with one attached hydrogen (secondary N) is 2. The zero-order chi connectivity index (χ0) is 19.9. The third-order valence-electron chi connectivity index (χ3n) is 4.70. The van der Waals surface area contributed by atoms with Crippen LogP contribution in [0.15, 0.2) is 35.6 Å². The number of rotatable bonds is 10. The van der Waals surface area contributed by atoms with Crippen LogP contribution in [0.2, 0.25) is 0 Å². The Kier molecular flexibility index (Phi) is 7.08. The van der Waals surface area contributed by atoms with Crippen molar-refractivity contribution in [2.75, 3.05) is 36.6 Å². The van der Waals surface area contributed by atoms with Gasteiger partial charge in [-0.05, 0) is 43.1 Å². The zero-order valence-corrected chi connectivity index (χ0v) is 17.3. The van der Waals surface area contributed by atoms with E-state index in [0.29, 0.717) is 18.5 Å². The molecule has 2 heterocycles. The van der Waals surface area contributed by atoms with Crippen molar-refractivity contribution in [3.8, 4) is 0 Å². The summed E-state index contributed by atoms with van der Waals surface area (Å²) in [5, 5.41) is 6.61. The van der Waals surface area contributed by atoms with Crippen molar-refractivity contribution in [3.05, 3.63) is 36.3 Å². The Morgan fingerprint density at radius 3 is 2.61 bits per heavy atom. The summed E-state index contributed by atoms with van der Waals surface area (Å²) in [6.07, 6.45) is 8.36. The molecule has 0 saturated heterocycles. The Bertz CT molecular complexity index is 769. The fourth-order valence-corrected chi connectivity index (χ4v) is 3.25. The summed E-state index contributed by atoms with van der Waals surface area (Å²) in [6.45, 7) is 5.98. The Morgan fingerprint density at radius 2 is 1.96 bits per heavy atom. The van der Waals surface area contributed by atoms with Crippen molar-refractivity contribution in [1.29, 1.82) is 0 Å². The van der Waals surface area contributed by atoms with Gasteiger partial charge in [-0.15, -0.1) is 11.8 Å². The van der Waals surface area contributed by atoms with Crippen LogP contribution in [-0.2, 0) is 9.53 Å². The largest absolute Gasteiger partial charge is 0.466 e. The molecule has 3 unspecified atom stereocenters. The minimum Gasteiger partial charge on any atom is -0.466 e. The maximum Gasteiger partial charge on any atom is 0.309 e. The smallest absolute Gasteiger partial charge is 0.309 e. The van der Waals surface area contributed by atoms with Gasteiger partial charge in [0.15, 0.2) is 0 Å². The molecule has 2 aromatic heterocycles. The molecule has 8 heteroatoms. The highest BCUT2D eigenvalue weighted by Gasteiger charge is 2.45. The van der Waals surface area contributed by atoms with Gasteiger partial charge in [0.05, 0.1) is 12.5 Å². The first-order chi connectivity index (χ1) is 13.6. The SMILES string of the molecule is CCOC(=O)C1CC1c1ccc(NCC(C)CNc2ncc(SC)cn2)nc1. The predicted molar refractivity (Wildman–Crippen MR) is 112 cm³/mol. The van der Waals surface area contributed by atoms with E-state index < -0.39 is 0 Å². The quantitative estimate of drug-likeness (QED) is 0.462. The predicted octanol–water partition coefficient (Wildman–Crippen LogP) is 3.42. The maximum atomic E-state index is 11.8. The molecule has 0 bridgehead atoms. The average Bonchev–Trinajstić information content (AvgIpc) is 3.53. The van der Waals surface area contributed by atoms with Gasteiger partial charge < -0.3 is 15.4 Å². The number of hydrogen-bond acceptors (Lipinski definition) is 8. The molecule has 1 aliphatic carbocycles. The first-order valence-electron chi connectivity index (χ1n) is 9.57. The number of anilines is 2. The zero-order valence-electron chi connectivity index (χ0n) is 16.5. The van der Waals surface area contributed by atoms with Crippen LogP contribution in [-0.4, -0.2) is 46.9 Å². The van der Waals surface area contributed by atoms with Gasteiger partial charge in [-0.2, -0.15) is 0 Å². The van der Waals surface area contributed by atoms with Gasteiger partial charge >= 0.3 is 5.97 Å². The molecule has 0 spiro atoms. The second-order valence-electron chi connectivity index (χ2n) is 6.99. The summed E-state index contributed by atoms with van der Waals surface area (Å²) in [4.78, 5) is 25.9. The Morgan fingerprint density at radius 1 is 1.21 bits per heavy atom. The molecule has 3 atom stereocenters. The molecule has 7 nitrogen and oxygen atoms in total. The first kappa shape index (κ1) is 20.4. The molecular formula is C20H27N5O2S. The third kappa shape index (κ3) is 5.58. The van der Waals surface area contributed by atoms with Gasteiger partial charge in [-0.1, -0.05) is 13.0 Å². The number of thioether (sulfide) groups is 1. The second kappa shape index (κ2) is 9.73. The molecule has 0 aromatic carbocycles. The second-order valence-corrected chi connectivity index (χ2v) is 7.87. The van der Waals surface area contributed by atoms with Crippen molar-refractivity contribution in [2.24, 2.45) is 11.8 Å². The first-order valence-corrected chi connectivity index (χ1v) is 10.8. The van der Waals surface area contributed by atoms with Gasteiger partial charge in [0, 0.05) is 36.6 Å². The lowest BCUT2D eigenvalue weighted by molar-refractivity contribution is -0.144. The summed E-state index contributed by atoms with van der Waals surface area (Å²) in [5.74, 6) is 2.02. The Balaban J connectivity index is 1.40. The van der Waals surface area contributed by atoms with Crippen molar-refractivity contribution in [1.82, 2.24) is 15.0 Å². The van der Waals surface area contributed by atoms with Crippen LogP contribution in [0.1, 0.15) is 31.7 Å². The highest BCUT2D eigenvalue weighted by atomic mass is 32.2. The molecule has 0 amide bonds. The van der Waals surface area contributed by atoms with Crippen LogP contribution in [0, 0.1) is 11.8 Å². The molecule has 1 saturated carbocycles. The highest BCUT2D eigenvalue weighted by molar-refractivity contribution is 7.98. The summed E-state index contributed by atoms with van der Waals surface area (Å²) in [6, 6.07) is 4.02. The number of hydrogen-bond donors (Lipinski definition) is 2. The number of carbonyl (C=O) groups excluding carboxylic acids is 1. The minimum atomic E-state index is -0.0944. The normalized spacial score (nSPS) is 19.0. The summed E-state index contributed by atoms with van der Waals surface area (Å²) in [5.41, 5.74) is 1.10. The van der Waals surface area contributed by atoms with Crippen molar-refractivity contribution < 1.29 is 9.53 Å². The van der Waals surface area contributed by atoms with E-state index in [0.717, 1.165) is 35.8 Å². The van der Waals surface area contributed by atoms with Gasteiger partial charge in [0.2, 0.25) is 5.95 Å². The standard InChI is InChI=1S/C20H27N5O2S/c1-4-27-19(26)17-7-16(17)14-5-6-18(22-10-14)21-8-13(2)9-23-20-24-11-15(28-3)12-25-20/h5-6,10-13,16-17H,4,7-9H2,1-3H3,(H,21,22)(H,23,24,25). The fourth-order valence-electron chi connectivity index (χ4n) is 2.93. The molecule has 1 aliphatic rings. The lowest BCUT2D eigenvalue weighted by atomic mass is 10.1. The highest BCUT2D eigenvalue weighted by Crippen LogP contribution is 2.48. The van der Waals surface area contributed by atoms with E-state index in [9.17, 15) is 4.79 Å². The fraction of sp³-hybridized carbons (Fsp3) is 0.500. The van der Waals surface area contributed by atoms with Crippen molar-refractivity contribution in [3.63, 3.8) is 0 Å². The molecule has 3 rings (SSSR count). The molecule has 1 fully saturated rings. The van der Waals surface area contributed by atoms with Crippen LogP contribution >= 0.6 is 11.8 Å². The minimum absolute atomic E-state index is 0.00106. The summed E-state index contributed by atoms with van der Waals surface area (Å²) >= 11 is 1.63. The molecular weight excluding hydrogens is 374 g/mol. The maximum absolute atomic E-state index is 11.8. The topological polar surface area (TPSA) is 89.0 Å². The number of esters is 1. The van der Waals surface area contributed by atoms with Crippen molar-refractivity contribution in [2.45, 2.75) is 31.1 Å². The molecule has 0 aliphatic heterocycles. The molecule has 150 valence electrons. The van der Waals surface area contributed by atoms with E-state index in [-0.39, 0.29) is 17.8 Å². The van der Waals surface area contributed by atoms with Gasteiger partial charge in [-0.3, -0.25) is 4.79 Å². The van der Waals surface area contributed by atoms with Gasteiger partial charge in [-0.25, -0.2) is 15.0 Å². The van der Waals surface area contributed by atoms with Crippen LogP contribution in [0.4, 0.5) is 11.8 Å². The average molecular weight is 402 g/mol. The van der Waals surface area contributed by atoms with E-state index in [1.165, 1.54) is 0 Å². The number of pyridine rings is 1. The number of ether oxygens (including phenoxy) is 1. The lowest BCUT2D eigenvalue weighted by Crippen LogP contribution is -2.21. The van der Waals surface area contributed by atoms with E-state index in [1.54, 1.807) is 11.8 Å². The van der Waals surface area contributed by atoms with Crippen LogP contribution in [0.5, 0.6) is 0 Å². The molecule has 2 aromatic rings. The monoisotopic (exact) mass is 401 g/mol. The third-order valence-corrected chi connectivity index (χ3v) is 5.38. The van der Waals surface area contributed by atoms with Crippen LogP contribution < -0.4 is 10.6 Å². The molecule has 2 N–H and O–H groups in total. The lowest BCUT2D eigenvalue weighted by Gasteiger charge is -2.14. The van der Waals surface area contributed by atoms with E-state index in [2.05, 4.69) is 32.5 Å². The van der Waals surface area contributed by atoms with Gasteiger partial charge in [0.1, 0.15) is 5.82 Å². The summed E-state index contributed by atoms with van der Waals surface area (Å²) in [7, 11) is 0. The Hall–Kier alpha value is -2.35. The number of nitrogens with zero attached hydrogens (tertiary/aromatic N) is 3. The van der Waals surface area contributed by atoms with Crippen molar-refractivity contribution >= 4 is 29.5 Å². The Labute approximate surface area is 170 Å². The van der Waals surface area contributed by atoms with E-state index >= 15 is 0 Å². The van der Waals surface area contributed by atoms with Gasteiger partial charge in [0.25, 0.3) is 0 Å². The van der Waals surface area contributed by atoms with Crippen LogP contribution in [0.3, 0.4) is 0 Å². The van der Waals surface area contributed by atoms with Crippen LogP contribution in [0.25, 0.3) is 0 Å². The molecule has 0 radical (unpaired) electrons. The molecule has 28 heavy (non-hydrogen) atoms. The summed E-state index contributed by atoms with van der Waals surface area (Å²) < 4.78 is 5.09.